The van der Waals surface area contributed by atoms with Gasteiger partial charge >= 0.3 is 6.03 Å². The summed E-state index contributed by atoms with van der Waals surface area (Å²) in [6.45, 7) is 0. The first-order valence-corrected chi connectivity index (χ1v) is 8.27. The fourth-order valence-electron chi connectivity index (χ4n) is 2.34. The van der Waals surface area contributed by atoms with E-state index in [9.17, 15) is 14.4 Å². The molecule has 0 bridgehead atoms. The third-order valence-corrected chi connectivity index (χ3v) is 4.30. The van der Waals surface area contributed by atoms with E-state index in [1.165, 1.54) is 0 Å². The molecule has 0 aliphatic carbocycles. The molecule has 0 aromatic heterocycles. The molecule has 2 aromatic rings. The van der Waals surface area contributed by atoms with Crippen LogP contribution in [0.1, 0.15) is 6.42 Å². The Bertz CT molecular complexity index is 757. The van der Waals surface area contributed by atoms with Crippen molar-refractivity contribution >= 4 is 61.1 Å². The monoisotopic (exact) mass is 436 g/mol. The lowest BCUT2D eigenvalue weighted by Gasteiger charge is -2.32. The molecule has 0 N–H and O–H groups in total. The zero-order chi connectivity index (χ0) is 16.6. The SMILES string of the molecule is O=C1CC(=O)N(c2cccc(Br)c2)C(=O)N1c1cccc(Br)c1. The quantitative estimate of drug-likeness (QED) is 0.664. The standard InChI is InChI=1S/C16H10Br2N2O3/c17-10-3-1-5-12(7-10)19-14(21)9-15(22)20(16(19)23)13-6-2-4-11(18)8-13/h1-8H,9H2. The van der Waals surface area contributed by atoms with E-state index in [0.717, 1.165) is 18.7 Å². The van der Waals surface area contributed by atoms with Crippen LogP contribution in [0.5, 0.6) is 0 Å². The molecule has 0 atom stereocenters. The van der Waals surface area contributed by atoms with Crippen molar-refractivity contribution in [2.75, 3.05) is 9.80 Å². The highest BCUT2D eigenvalue weighted by Gasteiger charge is 2.39. The van der Waals surface area contributed by atoms with Crippen molar-refractivity contribution in [2.45, 2.75) is 6.42 Å². The Kier molecular flexibility index (Phi) is 4.32. The maximum atomic E-state index is 12.7. The number of imide groups is 2. The molecular formula is C16H10Br2N2O3. The van der Waals surface area contributed by atoms with Gasteiger partial charge in [-0.3, -0.25) is 9.59 Å². The molecule has 4 amide bonds. The average Bonchev–Trinajstić information content (AvgIpc) is 2.47. The Morgan fingerprint density at radius 1 is 0.739 bits per heavy atom. The van der Waals surface area contributed by atoms with Gasteiger partial charge in [0, 0.05) is 8.95 Å². The minimum absolute atomic E-state index is 0.356. The number of hydrogen-bond donors (Lipinski definition) is 0. The van der Waals surface area contributed by atoms with Crippen molar-refractivity contribution < 1.29 is 14.4 Å². The van der Waals surface area contributed by atoms with E-state index in [1.54, 1.807) is 48.5 Å². The zero-order valence-electron chi connectivity index (χ0n) is 11.7. The van der Waals surface area contributed by atoms with Crippen molar-refractivity contribution in [1.29, 1.82) is 0 Å². The van der Waals surface area contributed by atoms with Gasteiger partial charge < -0.3 is 0 Å². The number of benzene rings is 2. The fourth-order valence-corrected chi connectivity index (χ4v) is 3.11. The lowest BCUT2D eigenvalue weighted by molar-refractivity contribution is -0.126. The van der Waals surface area contributed by atoms with Crippen LogP contribution in [0, 0.1) is 0 Å². The van der Waals surface area contributed by atoms with Crippen LogP contribution in [0.3, 0.4) is 0 Å². The van der Waals surface area contributed by atoms with Crippen LogP contribution >= 0.6 is 31.9 Å². The number of amides is 4. The molecule has 0 radical (unpaired) electrons. The number of urea groups is 1. The Hall–Kier alpha value is -1.99. The average molecular weight is 438 g/mol. The van der Waals surface area contributed by atoms with Gasteiger partial charge in [0.25, 0.3) is 0 Å². The molecule has 23 heavy (non-hydrogen) atoms. The van der Waals surface area contributed by atoms with Crippen LogP contribution in [0.15, 0.2) is 57.5 Å². The second-order valence-electron chi connectivity index (χ2n) is 4.88. The molecule has 1 aliphatic rings. The molecule has 1 heterocycles. The van der Waals surface area contributed by atoms with E-state index in [1.807, 2.05) is 0 Å². The fraction of sp³-hybridized carbons (Fsp3) is 0.0625. The molecule has 116 valence electrons. The van der Waals surface area contributed by atoms with Gasteiger partial charge in [0.2, 0.25) is 11.8 Å². The summed E-state index contributed by atoms with van der Waals surface area (Å²) >= 11 is 6.63. The molecule has 7 heteroatoms. The number of nitrogens with zero attached hydrogens (tertiary/aromatic N) is 2. The Morgan fingerprint density at radius 3 is 1.57 bits per heavy atom. The minimum atomic E-state index is -0.678. The molecule has 1 fully saturated rings. The largest absolute Gasteiger partial charge is 0.342 e. The number of hydrogen-bond acceptors (Lipinski definition) is 3. The first kappa shape index (κ1) is 15.9. The molecule has 1 aliphatic heterocycles. The van der Waals surface area contributed by atoms with Crippen molar-refractivity contribution in [3.63, 3.8) is 0 Å². The third-order valence-electron chi connectivity index (χ3n) is 3.32. The van der Waals surface area contributed by atoms with E-state index in [-0.39, 0.29) is 6.42 Å². The van der Waals surface area contributed by atoms with Gasteiger partial charge in [-0.25, -0.2) is 14.6 Å². The molecule has 0 saturated carbocycles. The first-order chi connectivity index (χ1) is 11.0. The Morgan fingerprint density at radius 2 is 1.17 bits per heavy atom. The van der Waals surface area contributed by atoms with Crippen LogP contribution in [0.2, 0.25) is 0 Å². The summed E-state index contributed by atoms with van der Waals surface area (Å²) in [4.78, 5) is 39.2. The van der Waals surface area contributed by atoms with Gasteiger partial charge in [0.1, 0.15) is 6.42 Å². The lowest BCUT2D eigenvalue weighted by Crippen LogP contribution is -2.55. The molecule has 0 unspecified atom stereocenters. The van der Waals surface area contributed by atoms with Gasteiger partial charge in [0.05, 0.1) is 11.4 Å². The van der Waals surface area contributed by atoms with E-state index < -0.39 is 17.8 Å². The van der Waals surface area contributed by atoms with Crippen LogP contribution < -0.4 is 9.80 Å². The van der Waals surface area contributed by atoms with Gasteiger partial charge in [-0.15, -0.1) is 0 Å². The third kappa shape index (κ3) is 3.07. The summed E-state index contributed by atoms with van der Waals surface area (Å²) < 4.78 is 1.48. The summed E-state index contributed by atoms with van der Waals surface area (Å²) in [6, 6.07) is 13.0. The molecule has 2 aromatic carbocycles. The van der Waals surface area contributed by atoms with E-state index in [0.29, 0.717) is 11.4 Å². The number of carbonyl (C=O) groups is 3. The second kappa shape index (κ2) is 6.25. The summed E-state index contributed by atoms with van der Waals surface area (Å²) in [7, 11) is 0. The summed E-state index contributed by atoms with van der Waals surface area (Å²) in [6.07, 6.45) is -0.356. The Labute approximate surface area is 149 Å². The number of carbonyl (C=O) groups excluding carboxylic acids is 3. The van der Waals surface area contributed by atoms with Gasteiger partial charge in [-0.1, -0.05) is 44.0 Å². The number of halogens is 2. The highest BCUT2D eigenvalue weighted by Crippen LogP contribution is 2.29. The zero-order valence-corrected chi connectivity index (χ0v) is 14.9. The van der Waals surface area contributed by atoms with Gasteiger partial charge in [-0.05, 0) is 36.4 Å². The topological polar surface area (TPSA) is 57.7 Å². The van der Waals surface area contributed by atoms with Gasteiger partial charge in [0.15, 0.2) is 0 Å². The lowest BCUT2D eigenvalue weighted by atomic mass is 10.2. The Balaban J connectivity index is 2.04. The van der Waals surface area contributed by atoms with Crippen LogP contribution in [0.25, 0.3) is 0 Å². The molecule has 3 rings (SSSR count). The van der Waals surface area contributed by atoms with Gasteiger partial charge in [-0.2, -0.15) is 0 Å². The van der Waals surface area contributed by atoms with E-state index in [4.69, 9.17) is 0 Å². The smallest absolute Gasteiger partial charge is 0.273 e. The highest BCUT2D eigenvalue weighted by molar-refractivity contribution is 9.10. The molecule has 0 spiro atoms. The van der Waals surface area contributed by atoms with Crippen molar-refractivity contribution in [1.82, 2.24) is 0 Å². The number of barbiturate groups is 1. The highest BCUT2D eigenvalue weighted by atomic mass is 79.9. The predicted molar refractivity (Wildman–Crippen MR) is 93.3 cm³/mol. The van der Waals surface area contributed by atoms with Crippen molar-refractivity contribution in [2.24, 2.45) is 0 Å². The summed E-state index contributed by atoms with van der Waals surface area (Å²) in [5, 5.41) is 0. The molecule has 5 nitrogen and oxygen atoms in total. The maximum Gasteiger partial charge on any atom is 0.342 e. The second-order valence-corrected chi connectivity index (χ2v) is 6.71. The molecule has 1 saturated heterocycles. The minimum Gasteiger partial charge on any atom is -0.273 e. The predicted octanol–water partition coefficient (Wildman–Crippen LogP) is 4.10. The van der Waals surface area contributed by atoms with Crippen molar-refractivity contribution in [3.8, 4) is 0 Å². The normalized spacial score (nSPS) is 15.3. The van der Waals surface area contributed by atoms with Crippen LogP contribution in [0.4, 0.5) is 16.2 Å². The van der Waals surface area contributed by atoms with Crippen LogP contribution in [-0.4, -0.2) is 17.8 Å². The van der Waals surface area contributed by atoms with Crippen LogP contribution in [-0.2, 0) is 9.59 Å². The molecular weight excluding hydrogens is 428 g/mol. The summed E-state index contributed by atoms with van der Waals surface area (Å²) in [5.74, 6) is -1.08. The van der Waals surface area contributed by atoms with E-state index >= 15 is 0 Å². The summed E-state index contributed by atoms with van der Waals surface area (Å²) in [5.41, 5.74) is 0.837. The number of rotatable bonds is 2. The first-order valence-electron chi connectivity index (χ1n) is 6.68. The van der Waals surface area contributed by atoms with E-state index in [2.05, 4.69) is 31.9 Å². The number of anilines is 2. The maximum absolute atomic E-state index is 12.7. The van der Waals surface area contributed by atoms with Crippen molar-refractivity contribution in [3.05, 3.63) is 57.5 Å².